The van der Waals surface area contributed by atoms with Crippen molar-refractivity contribution in [1.29, 1.82) is 0 Å². The third-order valence-electron chi connectivity index (χ3n) is 3.05. The molecule has 2 heterocycles. The van der Waals surface area contributed by atoms with Gasteiger partial charge < -0.3 is 20.7 Å². The van der Waals surface area contributed by atoms with Crippen LogP contribution >= 0.6 is 0 Å². The minimum absolute atomic E-state index is 0.157. The Morgan fingerprint density at radius 1 is 1.53 bits per heavy atom. The first-order chi connectivity index (χ1) is 8.17. The van der Waals surface area contributed by atoms with Crippen LogP contribution in [0.15, 0.2) is 17.1 Å². The average Bonchev–Trinajstić information content (AvgIpc) is 2.71. The van der Waals surface area contributed by atoms with E-state index in [4.69, 9.17) is 15.6 Å². The van der Waals surface area contributed by atoms with Gasteiger partial charge >= 0.3 is 5.69 Å². The fourth-order valence-electron chi connectivity index (χ4n) is 2.11. The summed E-state index contributed by atoms with van der Waals surface area (Å²) < 4.78 is 6.71. The van der Waals surface area contributed by atoms with Gasteiger partial charge in [-0.25, -0.2) is 4.79 Å². The molecule has 0 saturated carbocycles. The fourth-order valence-corrected chi connectivity index (χ4v) is 2.11. The molecule has 94 valence electrons. The van der Waals surface area contributed by atoms with Crippen LogP contribution in [-0.4, -0.2) is 45.7 Å². The quantitative estimate of drug-likeness (QED) is 0.585. The molecule has 2 rings (SSSR count). The molecule has 1 aromatic rings. The Labute approximate surface area is 97.5 Å². The first-order valence-corrected chi connectivity index (χ1v) is 5.35. The summed E-state index contributed by atoms with van der Waals surface area (Å²) in [6.45, 7) is -0.0758. The monoisotopic (exact) mass is 241 g/mol. The molecule has 0 radical (unpaired) electrons. The van der Waals surface area contributed by atoms with Crippen LogP contribution in [0.3, 0.4) is 0 Å². The summed E-state index contributed by atoms with van der Waals surface area (Å²) in [4.78, 5) is 15.3. The van der Waals surface area contributed by atoms with Crippen LogP contribution in [0.5, 0.6) is 0 Å². The Kier molecular flexibility index (Phi) is 3.41. The Balaban J connectivity index is 2.31. The third-order valence-corrected chi connectivity index (χ3v) is 3.05. The number of anilines is 1. The molecular formula is C10H15N3O4. The lowest BCUT2D eigenvalue weighted by Gasteiger charge is -2.20. The lowest BCUT2D eigenvalue weighted by atomic mass is 9.98. The van der Waals surface area contributed by atoms with Gasteiger partial charge in [0.15, 0.2) is 0 Å². The first-order valence-electron chi connectivity index (χ1n) is 5.35. The summed E-state index contributed by atoms with van der Waals surface area (Å²) in [5.41, 5.74) is 4.93. The zero-order chi connectivity index (χ0) is 12.4. The number of hydrogen-bond donors (Lipinski definition) is 3. The van der Waals surface area contributed by atoms with E-state index in [1.165, 1.54) is 16.8 Å². The number of hydrogen-bond acceptors (Lipinski definition) is 6. The SMILES string of the molecule is Nc1ccn([C@@H]2CO[C@H](CO)[C@H]2CO)c(=O)n1. The molecule has 1 fully saturated rings. The van der Waals surface area contributed by atoms with Crippen molar-refractivity contribution in [3.05, 3.63) is 22.7 Å². The molecule has 1 aliphatic heterocycles. The minimum atomic E-state index is -0.476. The Bertz CT molecular complexity index is 447. The van der Waals surface area contributed by atoms with Gasteiger partial charge in [-0.1, -0.05) is 0 Å². The van der Waals surface area contributed by atoms with Gasteiger partial charge in [-0.15, -0.1) is 0 Å². The van der Waals surface area contributed by atoms with E-state index in [1.54, 1.807) is 0 Å². The number of ether oxygens (including phenoxy) is 1. The van der Waals surface area contributed by atoms with Crippen LogP contribution in [0, 0.1) is 5.92 Å². The summed E-state index contributed by atoms with van der Waals surface area (Å²) >= 11 is 0. The van der Waals surface area contributed by atoms with E-state index >= 15 is 0 Å². The molecular weight excluding hydrogens is 226 g/mol. The van der Waals surface area contributed by atoms with Gasteiger partial charge in [0.1, 0.15) is 5.82 Å². The largest absolute Gasteiger partial charge is 0.396 e. The summed E-state index contributed by atoms with van der Waals surface area (Å²) in [5.74, 6) is -0.160. The average molecular weight is 241 g/mol. The minimum Gasteiger partial charge on any atom is -0.396 e. The zero-order valence-electron chi connectivity index (χ0n) is 9.19. The molecule has 7 nitrogen and oxygen atoms in total. The maximum absolute atomic E-state index is 11.7. The number of nitrogen functional groups attached to an aromatic ring is 1. The molecule has 1 saturated heterocycles. The fraction of sp³-hybridized carbons (Fsp3) is 0.600. The van der Waals surface area contributed by atoms with Crippen molar-refractivity contribution in [3.8, 4) is 0 Å². The van der Waals surface area contributed by atoms with Crippen LogP contribution < -0.4 is 11.4 Å². The molecule has 0 spiro atoms. The molecule has 0 amide bonds. The Morgan fingerprint density at radius 2 is 2.29 bits per heavy atom. The van der Waals surface area contributed by atoms with E-state index in [0.717, 1.165) is 0 Å². The second-order valence-corrected chi connectivity index (χ2v) is 4.01. The van der Waals surface area contributed by atoms with Crippen molar-refractivity contribution >= 4 is 5.82 Å². The van der Waals surface area contributed by atoms with Gasteiger partial charge in [-0.3, -0.25) is 4.57 Å². The number of aromatic nitrogens is 2. The van der Waals surface area contributed by atoms with Crippen molar-refractivity contribution in [3.63, 3.8) is 0 Å². The van der Waals surface area contributed by atoms with Gasteiger partial charge in [0.2, 0.25) is 0 Å². The van der Waals surface area contributed by atoms with Gasteiger partial charge in [0.05, 0.1) is 32.0 Å². The van der Waals surface area contributed by atoms with Gasteiger partial charge in [-0.05, 0) is 6.07 Å². The first kappa shape index (κ1) is 12.0. The highest BCUT2D eigenvalue weighted by atomic mass is 16.5. The second kappa shape index (κ2) is 4.82. The number of rotatable bonds is 3. The van der Waals surface area contributed by atoms with Gasteiger partial charge in [-0.2, -0.15) is 4.98 Å². The third kappa shape index (κ3) is 2.17. The zero-order valence-corrected chi connectivity index (χ0v) is 9.19. The number of nitrogens with zero attached hydrogens (tertiary/aromatic N) is 2. The molecule has 0 bridgehead atoms. The van der Waals surface area contributed by atoms with Crippen LogP contribution in [0.4, 0.5) is 5.82 Å². The number of aliphatic hydroxyl groups is 2. The number of aliphatic hydroxyl groups excluding tert-OH is 2. The molecule has 7 heteroatoms. The predicted octanol–water partition coefficient (Wildman–Crippen LogP) is -1.63. The van der Waals surface area contributed by atoms with Crippen LogP contribution in [-0.2, 0) is 4.74 Å². The van der Waals surface area contributed by atoms with Crippen LogP contribution in [0.25, 0.3) is 0 Å². The molecule has 0 aromatic carbocycles. The molecule has 4 N–H and O–H groups in total. The normalized spacial score (nSPS) is 28.5. The van der Waals surface area contributed by atoms with E-state index in [9.17, 15) is 9.90 Å². The van der Waals surface area contributed by atoms with E-state index < -0.39 is 11.8 Å². The lowest BCUT2D eigenvalue weighted by molar-refractivity contribution is 0.0268. The van der Waals surface area contributed by atoms with Crippen LogP contribution in [0.1, 0.15) is 6.04 Å². The summed E-state index contributed by atoms with van der Waals surface area (Å²) in [5, 5.41) is 18.4. The standard InChI is InChI=1S/C10H15N3O4/c11-9-1-2-13(10(16)12-9)7-5-17-8(4-15)6(7)3-14/h1-2,6-8,14-15H,3-5H2,(H2,11,12,16)/t6-,7+,8+/m0/s1. The molecule has 0 unspecified atom stereocenters. The van der Waals surface area contributed by atoms with Gasteiger partial charge in [0.25, 0.3) is 0 Å². The van der Waals surface area contributed by atoms with Crippen molar-refractivity contribution in [2.75, 3.05) is 25.6 Å². The predicted molar refractivity (Wildman–Crippen MR) is 59.3 cm³/mol. The maximum atomic E-state index is 11.7. The van der Waals surface area contributed by atoms with Crippen molar-refractivity contribution in [1.82, 2.24) is 9.55 Å². The van der Waals surface area contributed by atoms with Crippen molar-refractivity contribution in [2.24, 2.45) is 5.92 Å². The van der Waals surface area contributed by atoms with E-state index in [0.29, 0.717) is 0 Å². The smallest absolute Gasteiger partial charge is 0.349 e. The molecule has 17 heavy (non-hydrogen) atoms. The molecule has 0 aliphatic carbocycles. The summed E-state index contributed by atoms with van der Waals surface area (Å²) in [6.07, 6.45) is 1.08. The van der Waals surface area contributed by atoms with E-state index in [-0.39, 0.29) is 37.6 Å². The Morgan fingerprint density at radius 3 is 2.88 bits per heavy atom. The highest BCUT2D eigenvalue weighted by Crippen LogP contribution is 2.29. The topological polar surface area (TPSA) is 111 Å². The van der Waals surface area contributed by atoms with Gasteiger partial charge in [0, 0.05) is 12.1 Å². The summed E-state index contributed by atoms with van der Waals surface area (Å²) in [6, 6.07) is 1.19. The highest BCUT2D eigenvalue weighted by molar-refractivity contribution is 5.23. The molecule has 1 aromatic heterocycles. The second-order valence-electron chi connectivity index (χ2n) is 4.01. The van der Waals surface area contributed by atoms with Crippen molar-refractivity contribution < 1.29 is 14.9 Å². The van der Waals surface area contributed by atoms with Crippen LogP contribution in [0.2, 0.25) is 0 Å². The molecule has 1 aliphatic rings. The summed E-state index contributed by atoms with van der Waals surface area (Å²) in [7, 11) is 0. The Hall–Kier alpha value is -1.44. The van der Waals surface area contributed by atoms with Crippen molar-refractivity contribution in [2.45, 2.75) is 12.1 Å². The maximum Gasteiger partial charge on any atom is 0.349 e. The molecule has 3 atom stereocenters. The van der Waals surface area contributed by atoms with E-state index in [2.05, 4.69) is 4.98 Å². The lowest BCUT2D eigenvalue weighted by Crippen LogP contribution is -2.34. The highest BCUT2D eigenvalue weighted by Gasteiger charge is 2.37. The number of nitrogens with two attached hydrogens (primary N) is 1. The van der Waals surface area contributed by atoms with E-state index in [1.807, 2.05) is 0 Å².